The van der Waals surface area contributed by atoms with Crippen molar-refractivity contribution in [1.29, 1.82) is 5.26 Å². The highest BCUT2D eigenvalue weighted by molar-refractivity contribution is 7.99. The molecule has 0 amide bonds. The van der Waals surface area contributed by atoms with Gasteiger partial charge >= 0.3 is 5.97 Å². The van der Waals surface area contributed by atoms with E-state index < -0.39 is 5.97 Å². The molecule has 1 aliphatic carbocycles. The first-order valence-corrected chi connectivity index (χ1v) is 6.96. The van der Waals surface area contributed by atoms with Crippen LogP contribution in [0.4, 0.5) is 0 Å². The number of rotatable bonds is 5. The Morgan fingerprint density at radius 1 is 1.56 bits per heavy atom. The molecule has 2 rings (SSSR count). The molecule has 0 heterocycles. The molecule has 18 heavy (non-hydrogen) atoms. The molecule has 1 saturated carbocycles. The number of hydrogen-bond acceptors (Lipinski definition) is 3. The van der Waals surface area contributed by atoms with Crippen LogP contribution in [0, 0.1) is 16.7 Å². The Bertz CT molecular complexity index is 520. The molecule has 94 valence electrons. The lowest BCUT2D eigenvalue weighted by Crippen LogP contribution is -2.11. The average Bonchev–Trinajstić information content (AvgIpc) is 3.06. The molecule has 0 aromatic heterocycles. The van der Waals surface area contributed by atoms with E-state index in [9.17, 15) is 4.79 Å². The number of nitrogens with zero attached hydrogens (tertiary/aromatic N) is 1. The van der Waals surface area contributed by atoms with Crippen molar-refractivity contribution in [3.63, 3.8) is 0 Å². The first-order valence-electron chi connectivity index (χ1n) is 5.59. The third-order valence-electron chi connectivity index (χ3n) is 3.10. The number of halogens is 1. The van der Waals surface area contributed by atoms with Crippen LogP contribution in [0.15, 0.2) is 23.1 Å². The van der Waals surface area contributed by atoms with Crippen molar-refractivity contribution >= 4 is 29.3 Å². The van der Waals surface area contributed by atoms with Crippen LogP contribution in [0.25, 0.3) is 0 Å². The summed E-state index contributed by atoms with van der Waals surface area (Å²) in [7, 11) is 0. The third kappa shape index (κ3) is 2.98. The molecular formula is C13H12ClNO2S. The van der Waals surface area contributed by atoms with Gasteiger partial charge in [0.1, 0.15) is 6.07 Å². The number of carbonyl (C=O) groups is 1. The molecule has 3 nitrogen and oxygen atoms in total. The predicted octanol–water partition coefficient (Wildman–Crippen LogP) is 3.56. The van der Waals surface area contributed by atoms with Crippen molar-refractivity contribution in [2.75, 3.05) is 5.75 Å². The lowest BCUT2D eigenvalue weighted by atomic mass is 10.1. The van der Waals surface area contributed by atoms with Gasteiger partial charge in [0.25, 0.3) is 0 Å². The SMILES string of the molecule is N#Cc1c(Cl)cccc1SCC1(CC(=O)O)CC1. The van der Waals surface area contributed by atoms with Crippen LogP contribution in [0.2, 0.25) is 5.02 Å². The summed E-state index contributed by atoms with van der Waals surface area (Å²) < 4.78 is 0. The standard InChI is InChI=1S/C13H12ClNO2S/c14-10-2-1-3-11(9(10)7-15)18-8-13(4-5-13)6-12(16)17/h1-3H,4-6,8H2,(H,16,17). The summed E-state index contributed by atoms with van der Waals surface area (Å²) in [4.78, 5) is 11.6. The van der Waals surface area contributed by atoms with E-state index in [1.165, 1.54) is 11.8 Å². The minimum atomic E-state index is -0.750. The van der Waals surface area contributed by atoms with Gasteiger partial charge in [0.05, 0.1) is 17.0 Å². The highest BCUT2D eigenvalue weighted by atomic mass is 35.5. The second kappa shape index (κ2) is 5.21. The minimum Gasteiger partial charge on any atom is -0.481 e. The van der Waals surface area contributed by atoms with Gasteiger partial charge in [0, 0.05) is 10.6 Å². The lowest BCUT2D eigenvalue weighted by Gasteiger charge is -2.12. The number of thioether (sulfide) groups is 1. The minimum absolute atomic E-state index is 0.0778. The Labute approximate surface area is 115 Å². The molecular weight excluding hydrogens is 270 g/mol. The molecule has 0 spiro atoms. The summed E-state index contributed by atoms with van der Waals surface area (Å²) in [5.74, 6) is -0.0198. The van der Waals surface area contributed by atoms with E-state index in [2.05, 4.69) is 6.07 Å². The van der Waals surface area contributed by atoms with Gasteiger partial charge in [-0.2, -0.15) is 5.26 Å². The van der Waals surface area contributed by atoms with Crippen molar-refractivity contribution in [2.24, 2.45) is 5.41 Å². The largest absolute Gasteiger partial charge is 0.481 e. The first kappa shape index (κ1) is 13.3. The van der Waals surface area contributed by atoms with Crippen molar-refractivity contribution < 1.29 is 9.90 Å². The van der Waals surface area contributed by atoms with Gasteiger partial charge in [0.2, 0.25) is 0 Å². The highest BCUT2D eigenvalue weighted by Gasteiger charge is 2.44. The van der Waals surface area contributed by atoms with Crippen LogP contribution in [0.3, 0.4) is 0 Å². The molecule has 0 atom stereocenters. The fraction of sp³-hybridized carbons (Fsp3) is 0.385. The van der Waals surface area contributed by atoms with E-state index >= 15 is 0 Å². The summed E-state index contributed by atoms with van der Waals surface area (Å²) in [5, 5.41) is 18.3. The van der Waals surface area contributed by atoms with Crippen LogP contribution in [-0.4, -0.2) is 16.8 Å². The smallest absolute Gasteiger partial charge is 0.303 e. The van der Waals surface area contributed by atoms with Crippen molar-refractivity contribution in [3.05, 3.63) is 28.8 Å². The van der Waals surface area contributed by atoms with Crippen LogP contribution in [-0.2, 0) is 4.79 Å². The molecule has 1 N–H and O–H groups in total. The van der Waals surface area contributed by atoms with Gasteiger partial charge in [-0.3, -0.25) is 4.79 Å². The molecule has 5 heteroatoms. The second-order valence-electron chi connectivity index (χ2n) is 4.58. The van der Waals surface area contributed by atoms with E-state index in [-0.39, 0.29) is 11.8 Å². The fourth-order valence-electron chi connectivity index (χ4n) is 1.83. The summed E-state index contributed by atoms with van der Waals surface area (Å²) in [6.07, 6.45) is 2.12. The monoisotopic (exact) mass is 281 g/mol. The summed E-state index contributed by atoms with van der Waals surface area (Å²) >= 11 is 7.48. The number of benzene rings is 1. The van der Waals surface area contributed by atoms with Crippen LogP contribution < -0.4 is 0 Å². The maximum Gasteiger partial charge on any atom is 0.303 e. The normalized spacial score (nSPS) is 16.0. The number of aliphatic carboxylic acids is 1. The zero-order chi connectivity index (χ0) is 13.2. The Morgan fingerprint density at radius 3 is 2.83 bits per heavy atom. The molecule has 0 unspecified atom stereocenters. The van der Waals surface area contributed by atoms with E-state index in [0.29, 0.717) is 10.6 Å². The van der Waals surface area contributed by atoms with Gasteiger partial charge in [0.15, 0.2) is 0 Å². The molecule has 1 aliphatic rings. The van der Waals surface area contributed by atoms with Gasteiger partial charge in [-0.1, -0.05) is 17.7 Å². The molecule has 0 saturated heterocycles. The van der Waals surface area contributed by atoms with Gasteiger partial charge in [-0.05, 0) is 30.4 Å². The lowest BCUT2D eigenvalue weighted by molar-refractivity contribution is -0.138. The van der Waals surface area contributed by atoms with E-state index in [0.717, 1.165) is 23.5 Å². The molecule has 0 radical (unpaired) electrons. The predicted molar refractivity (Wildman–Crippen MR) is 70.8 cm³/mol. The van der Waals surface area contributed by atoms with Gasteiger partial charge < -0.3 is 5.11 Å². The Morgan fingerprint density at radius 2 is 2.28 bits per heavy atom. The zero-order valence-corrected chi connectivity index (χ0v) is 11.2. The topological polar surface area (TPSA) is 61.1 Å². The summed E-state index contributed by atoms with van der Waals surface area (Å²) in [6, 6.07) is 7.44. The van der Waals surface area contributed by atoms with E-state index in [1.807, 2.05) is 12.1 Å². The van der Waals surface area contributed by atoms with E-state index in [4.69, 9.17) is 22.0 Å². The maximum atomic E-state index is 10.8. The van der Waals surface area contributed by atoms with E-state index in [1.54, 1.807) is 6.07 Å². The van der Waals surface area contributed by atoms with Gasteiger partial charge in [-0.25, -0.2) is 0 Å². The number of hydrogen-bond donors (Lipinski definition) is 1. The quantitative estimate of drug-likeness (QED) is 0.838. The molecule has 1 fully saturated rings. The second-order valence-corrected chi connectivity index (χ2v) is 6.01. The number of carboxylic acids is 1. The van der Waals surface area contributed by atoms with Crippen molar-refractivity contribution in [3.8, 4) is 6.07 Å². The maximum absolute atomic E-state index is 10.8. The first-order chi connectivity index (χ1) is 8.56. The molecule has 0 aliphatic heterocycles. The molecule has 0 bridgehead atoms. The average molecular weight is 282 g/mol. The van der Waals surface area contributed by atoms with Crippen LogP contribution >= 0.6 is 23.4 Å². The third-order valence-corrected chi connectivity index (χ3v) is 4.83. The Hall–Kier alpha value is -1.18. The van der Waals surface area contributed by atoms with Gasteiger partial charge in [-0.15, -0.1) is 11.8 Å². The van der Waals surface area contributed by atoms with Crippen LogP contribution in [0.5, 0.6) is 0 Å². The number of nitriles is 1. The van der Waals surface area contributed by atoms with Crippen LogP contribution in [0.1, 0.15) is 24.8 Å². The summed E-state index contributed by atoms with van der Waals surface area (Å²) in [5.41, 5.74) is 0.404. The summed E-state index contributed by atoms with van der Waals surface area (Å²) in [6.45, 7) is 0. The highest BCUT2D eigenvalue weighted by Crippen LogP contribution is 2.52. The molecule has 1 aromatic carbocycles. The van der Waals surface area contributed by atoms with Crippen molar-refractivity contribution in [1.82, 2.24) is 0 Å². The molecule has 1 aromatic rings. The Kier molecular flexibility index (Phi) is 3.84. The zero-order valence-electron chi connectivity index (χ0n) is 9.65. The number of carboxylic acid groups (broad SMARTS) is 1. The Balaban J connectivity index is 2.05. The fourth-order valence-corrected chi connectivity index (χ4v) is 3.43. The van der Waals surface area contributed by atoms with Crippen molar-refractivity contribution in [2.45, 2.75) is 24.2 Å².